The molecule has 0 saturated carbocycles. The van der Waals surface area contributed by atoms with E-state index in [0.29, 0.717) is 6.42 Å². The van der Waals surface area contributed by atoms with E-state index in [2.05, 4.69) is 5.32 Å². The zero-order chi connectivity index (χ0) is 8.85. The van der Waals surface area contributed by atoms with Crippen molar-refractivity contribution in [1.82, 2.24) is 5.32 Å². The van der Waals surface area contributed by atoms with Gasteiger partial charge >= 0.3 is 0 Å². The fraction of sp³-hybridized carbons (Fsp3) is 0.833. The molecule has 3 nitrogen and oxygen atoms in total. The van der Waals surface area contributed by atoms with E-state index in [1.807, 2.05) is 0 Å². The SMILES string of the molecule is CCC(NCC(F)F)C(N)=O. The number of amides is 1. The van der Waals surface area contributed by atoms with Gasteiger partial charge in [-0.25, -0.2) is 8.78 Å². The number of nitrogens with two attached hydrogens (primary N) is 1. The van der Waals surface area contributed by atoms with Gasteiger partial charge in [0.1, 0.15) is 0 Å². The molecule has 0 aromatic heterocycles. The first-order chi connectivity index (χ1) is 5.07. The fourth-order valence-corrected chi connectivity index (χ4v) is 0.677. The Morgan fingerprint density at radius 3 is 2.45 bits per heavy atom. The zero-order valence-corrected chi connectivity index (χ0v) is 6.31. The molecule has 1 amide bonds. The molecule has 0 radical (unpaired) electrons. The van der Waals surface area contributed by atoms with Crippen LogP contribution in [-0.4, -0.2) is 24.9 Å². The van der Waals surface area contributed by atoms with Crippen LogP contribution in [0.1, 0.15) is 13.3 Å². The smallest absolute Gasteiger partial charge is 0.250 e. The van der Waals surface area contributed by atoms with Gasteiger partial charge < -0.3 is 11.1 Å². The van der Waals surface area contributed by atoms with E-state index in [1.165, 1.54) is 0 Å². The highest BCUT2D eigenvalue weighted by Gasteiger charge is 2.13. The lowest BCUT2D eigenvalue weighted by atomic mass is 10.2. The van der Waals surface area contributed by atoms with Gasteiger partial charge in [-0.2, -0.15) is 0 Å². The van der Waals surface area contributed by atoms with Crippen LogP contribution in [0.25, 0.3) is 0 Å². The molecule has 1 unspecified atom stereocenters. The Kier molecular flexibility index (Phi) is 4.69. The van der Waals surface area contributed by atoms with Gasteiger partial charge in [-0.15, -0.1) is 0 Å². The molecule has 1 atom stereocenters. The molecule has 0 aliphatic carbocycles. The summed E-state index contributed by atoms with van der Waals surface area (Å²) in [6.45, 7) is 1.22. The highest BCUT2D eigenvalue weighted by molar-refractivity contribution is 5.79. The molecule has 0 aromatic carbocycles. The van der Waals surface area contributed by atoms with Gasteiger partial charge in [0.2, 0.25) is 5.91 Å². The minimum Gasteiger partial charge on any atom is -0.368 e. The Balaban J connectivity index is 3.61. The molecule has 0 aromatic rings. The maximum atomic E-state index is 11.6. The van der Waals surface area contributed by atoms with Crippen molar-refractivity contribution in [2.75, 3.05) is 6.54 Å². The fourth-order valence-electron chi connectivity index (χ4n) is 0.677. The van der Waals surface area contributed by atoms with Gasteiger partial charge in [-0.3, -0.25) is 4.79 Å². The van der Waals surface area contributed by atoms with Crippen molar-refractivity contribution in [2.45, 2.75) is 25.8 Å². The number of nitrogens with one attached hydrogen (secondary N) is 1. The summed E-state index contributed by atoms with van der Waals surface area (Å²) in [5, 5.41) is 2.34. The Morgan fingerprint density at radius 2 is 2.18 bits per heavy atom. The number of hydrogen-bond acceptors (Lipinski definition) is 2. The summed E-state index contributed by atoms with van der Waals surface area (Å²) in [5.74, 6) is -0.590. The Labute approximate surface area is 63.9 Å². The largest absolute Gasteiger partial charge is 0.368 e. The maximum absolute atomic E-state index is 11.6. The van der Waals surface area contributed by atoms with E-state index >= 15 is 0 Å². The first-order valence-corrected chi connectivity index (χ1v) is 3.38. The molecule has 0 heterocycles. The second-order valence-electron chi connectivity index (χ2n) is 2.16. The van der Waals surface area contributed by atoms with Crippen LogP contribution < -0.4 is 11.1 Å². The van der Waals surface area contributed by atoms with E-state index in [0.717, 1.165) is 0 Å². The van der Waals surface area contributed by atoms with Gasteiger partial charge in [0.25, 0.3) is 6.43 Å². The molecule has 11 heavy (non-hydrogen) atoms. The van der Waals surface area contributed by atoms with E-state index < -0.39 is 24.9 Å². The average Bonchev–Trinajstić information content (AvgIpc) is 1.87. The predicted octanol–water partition coefficient (Wildman–Crippen LogP) is 0.105. The molecule has 0 rings (SSSR count). The maximum Gasteiger partial charge on any atom is 0.250 e. The minimum absolute atomic E-state index is 0.433. The van der Waals surface area contributed by atoms with Crippen LogP contribution in [0.5, 0.6) is 0 Å². The van der Waals surface area contributed by atoms with Crippen LogP contribution in [0.4, 0.5) is 8.78 Å². The molecule has 0 aliphatic heterocycles. The highest BCUT2D eigenvalue weighted by Crippen LogP contribution is 1.93. The molecular weight excluding hydrogens is 154 g/mol. The topological polar surface area (TPSA) is 55.1 Å². The van der Waals surface area contributed by atoms with E-state index in [-0.39, 0.29) is 0 Å². The third-order valence-electron chi connectivity index (χ3n) is 1.27. The monoisotopic (exact) mass is 166 g/mol. The normalized spacial score (nSPS) is 13.5. The summed E-state index contributed by atoms with van der Waals surface area (Å²) in [5.41, 5.74) is 4.89. The van der Waals surface area contributed by atoms with Crippen molar-refractivity contribution in [3.8, 4) is 0 Å². The van der Waals surface area contributed by atoms with Gasteiger partial charge in [-0.1, -0.05) is 6.92 Å². The molecule has 0 saturated heterocycles. The van der Waals surface area contributed by atoms with Crippen LogP contribution in [0.15, 0.2) is 0 Å². The summed E-state index contributed by atoms with van der Waals surface area (Å²) >= 11 is 0. The zero-order valence-electron chi connectivity index (χ0n) is 6.31. The van der Waals surface area contributed by atoms with Crippen LogP contribution in [0, 0.1) is 0 Å². The molecule has 0 bridgehead atoms. The molecule has 0 fully saturated rings. The van der Waals surface area contributed by atoms with Gasteiger partial charge in [0, 0.05) is 0 Å². The van der Waals surface area contributed by atoms with Gasteiger partial charge in [-0.05, 0) is 6.42 Å². The van der Waals surface area contributed by atoms with Gasteiger partial charge in [0.15, 0.2) is 0 Å². The van der Waals surface area contributed by atoms with Crippen molar-refractivity contribution in [1.29, 1.82) is 0 Å². The molecule has 5 heteroatoms. The molecule has 0 aliphatic rings. The van der Waals surface area contributed by atoms with E-state index in [4.69, 9.17) is 5.73 Å². The first-order valence-electron chi connectivity index (χ1n) is 3.38. The van der Waals surface area contributed by atoms with Crippen LogP contribution in [0.2, 0.25) is 0 Å². The Bertz CT molecular complexity index is 130. The Hall–Kier alpha value is -0.710. The van der Waals surface area contributed by atoms with Crippen LogP contribution in [0.3, 0.4) is 0 Å². The lowest BCUT2D eigenvalue weighted by Crippen LogP contribution is -2.42. The molecule has 3 N–H and O–H groups in total. The number of carbonyl (C=O) groups excluding carboxylic acids is 1. The molecule has 66 valence electrons. The standard InChI is InChI=1S/C6H12F2N2O/c1-2-4(6(9)11)10-3-5(7)8/h4-5,10H,2-3H2,1H3,(H2,9,11). The third kappa shape index (κ3) is 4.66. The lowest BCUT2D eigenvalue weighted by Gasteiger charge is -2.11. The van der Waals surface area contributed by atoms with Crippen LogP contribution in [-0.2, 0) is 4.79 Å². The van der Waals surface area contributed by atoms with Crippen molar-refractivity contribution in [3.63, 3.8) is 0 Å². The van der Waals surface area contributed by atoms with Gasteiger partial charge in [0.05, 0.1) is 12.6 Å². The summed E-state index contributed by atoms with van der Waals surface area (Å²) < 4.78 is 23.2. The summed E-state index contributed by atoms with van der Waals surface area (Å²) in [6, 6.07) is -0.635. The molecule has 0 spiro atoms. The average molecular weight is 166 g/mol. The lowest BCUT2D eigenvalue weighted by molar-refractivity contribution is -0.120. The summed E-state index contributed by atoms with van der Waals surface area (Å²) in [6.07, 6.45) is -2.01. The van der Waals surface area contributed by atoms with Crippen molar-refractivity contribution in [3.05, 3.63) is 0 Å². The third-order valence-corrected chi connectivity index (χ3v) is 1.27. The number of halogens is 2. The molecular formula is C6H12F2N2O. The van der Waals surface area contributed by atoms with Crippen molar-refractivity contribution < 1.29 is 13.6 Å². The Morgan fingerprint density at radius 1 is 1.64 bits per heavy atom. The van der Waals surface area contributed by atoms with Crippen LogP contribution >= 0.6 is 0 Å². The number of hydrogen-bond donors (Lipinski definition) is 2. The van der Waals surface area contributed by atoms with Crippen molar-refractivity contribution in [2.24, 2.45) is 5.73 Å². The number of alkyl halides is 2. The second kappa shape index (κ2) is 5.01. The first kappa shape index (κ1) is 10.3. The number of carbonyl (C=O) groups is 1. The highest BCUT2D eigenvalue weighted by atomic mass is 19.3. The minimum atomic E-state index is -2.44. The quantitative estimate of drug-likeness (QED) is 0.608. The summed E-state index contributed by atoms with van der Waals surface area (Å²) in [7, 11) is 0. The number of primary amides is 1. The van der Waals surface area contributed by atoms with E-state index in [9.17, 15) is 13.6 Å². The predicted molar refractivity (Wildman–Crippen MR) is 37.3 cm³/mol. The second-order valence-corrected chi connectivity index (χ2v) is 2.16. The number of rotatable bonds is 5. The summed E-state index contributed by atoms with van der Waals surface area (Å²) in [4.78, 5) is 10.5. The van der Waals surface area contributed by atoms with Crippen molar-refractivity contribution >= 4 is 5.91 Å². The van der Waals surface area contributed by atoms with E-state index in [1.54, 1.807) is 6.92 Å².